The Morgan fingerprint density at radius 2 is 1.83 bits per heavy atom. The van der Waals surface area contributed by atoms with Crippen LogP contribution in [-0.4, -0.2) is 43.8 Å². The summed E-state index contributed by atoms with van der Waals surface area (Å²) in [7, 11) is 0. The van der Waals surface area contributed by atoms with E-state index in [0.717, 1.165) is 5.39 Å². The summed E-state index contributed by atoms with van der Waals surface area (Å²) in [5, 5.41) is 5.86. The number of fused-ring (bicyclic) bond motifs is 1. The van der Waals surface area contributed by atoms with Crippen molar-refractivity contribution < 1.29 is 33.0 Å². The molecule has 1 aromatic heterocycles. The first-order chi connectivity index (χ1) is 14.5. The van der Waals surface area contributed by atoms with Crippen molar-refractivity contribution in [1.82, 2.24) is 10.6 Å². The maximum Gasteiger partial charge on any atom is 0.375 e. The van der Waals surface area contributed by atoms with Gasteiger partial charge < -0.3 is 29.3 Å². The molecule has 0 bridgehead atoms. The smallest absolute Gasteiger partial charge is 0.375 e. The zero-order chi connectivity index (χ0) is 21.7. The van der Waals surface area contributed by atoms with Crippen molar-refractivity contribution in [3.05, 3.63) is 46.9 Å². The fourth-order valence-corrected chi connectivity index (χ4v) is 3.21. The number of amides is 2. The molecule has 3 rings (SSSR count). The van der Waals surface area contributed by atoms with Gasteiger partial charge in [0.2, 0.25) is 5.76 Å². The quantitative estimate of drug-likeness (QED) is 0.636. The van der Waals surface area contributed by atoms with Gasteiger partial charge in [-0.2, -0.15) is 0 Å². The maximum atomic E-state index is 12.8. The highest BCUT2D eigenvalue weighted by molar-refractivity contribution is 5.97. The van der Waals surface area contributed by atoms with Crippen molar-refractivity contribution in [3.63, 3.8) is 0 Å². The summed E-state index contributed by atoms with van der Waals surface area (Å²) in [5.74, 6) is -1.29. The van der Waals surface area contributed by atoms with Crippen LogP contribution in [0, 0.1) is 0 Å². The van der Waals surface area contributed by atoms with Crippen LogP contribution in [0.1, 0.15) is 36.9 Å². The van der Waals surface area contributed by atoms with Crippen molar-refractivity contribution in [2.75, 3.05) is 19.8 Å². The van der Waals surface area contributed by atoms with Gasteiger partial charge in [0.05, 0.1) is 30.5 Å². The molecule has 1 aromatic carbocycles. The maximum absolute atomic E-state index is 12.8. The molecule has 0 aliphatic carbocycles. The topological polar surface area (TPSA) is 116 Å². The molecule has 1 atom stereocenters. The Labute approximate surface area is 173 Å². The molecule has 9 nitrogen and oxygen atoms in total. The first-order valence-corrected chi connectivity index (χ1v) is 9.69. The van der Waals surface area contributed by atoms with Crippen molar-refractivity contribution in [1.29, 1.82) is 0 Å². The second-order valence-corrected chi connectivity index (χ2v) is 6.55. The average Bonchev–Trinajstić information content (AvgIpc) is 3.08. The molecule has 9 heteroatoms. The molecule has 2 heterocycles. The molecule has 160 valence electrons. The molecule has 0 unspecified atom stereocenters. The first kappa shape index (κ1) is 21.4. The molecule has 0 spiro atoms. The lowest BCUT2D eigenvalue weighted by Gasteiger charge is -2.26. The zero-order valence-electron chi connectivity index (χ0n) is 17.1. The lowest BCUT2D eigenvalue weighted by atomic mass is 10.0. The average molecular weight is 416 g/mol. The van der Waals surface area contributed by atoms with Crippen LogP contribution in [0.5, 0.6) is 0 Å². The number of para-hydroxylation sites is 1. The molecule has 1 aliphatic rings. The monoisotopic (exact) mass is 416 g/mol. The van der Waals surface area contributed by atoms with E-state index in [1.54, 1.807) is 26.0 Å². The van der Waals surface area contributed by atoms with Gasteiger partial charge in [0.15, 0.2) is 0 Å². The predicted octanol–water partition coefficient (Wildman–Crippen LogP) is 2.64. The summed E-state index contributed by atoms with van der Waals surface area (Å²) in [6.45, 7) is 5.69. The number of carbonyl (C=O) groups excluding carboxylic acids is 3. The fourth-order valence-electron chi connectivity index (χ4n) is 3.21. The Balaban J connectivity index is 1.85. The van der Waals surface area contributed by atoms with Crippen LogP contribution < -0.4 is 10.6 Å². The van der Waals surface area contributed by atoms with E-state index in [9.17, 15) is 14.4 Å². The van der Waals surface area contributed by atoms with Crippen molar-refractivity contribution >= 4 is 28.9 Å². The van der Waals surface area contributed by atoms with Crippen LogP contribution in [0.3, 0.4) is 0 Å². The molecular formula is C21H24N2O7. The minimum atomic E-state index is -0.725. The highest BCUT2D eigenvalue weighted by atomic mass is 16.5. The van der Waals surface area contributed by atoms with Gasteiger partial charge in [0.25, 0.3) is 0 Å². The lowest BCUT2D eigenvalue weighted by molar-refractivity contribution is -0.139. The second kappa shape index (κ2) is 9.45. The van der Waals surface area contributed by atoms with Gasteiger partial charge in [-0.15, -0.1) is 0 Å². The molecule has 0 saturated carbocycles. The third-order valence-corrected chi connectivity index (χ3v) is 4.55. The van der Waals surface area contributed by atoms with E-state index >= 15 is 0 Å². The van der Waals surface area contributed by atoms with E-state index in [-0.39, 0.29) is 36.9 Å². The zero-order valence-corrected chi connectivity index (χ0v) is 17.1. The molecule has 1 aliphatic heterocycles. The number of urea groups is 1. The Morgan fingerprint density at radius 1 is 1.07 bits per heavy atom. The first-order valence-electron chi connectivity index (χ1n) is 9.69. The van der Waals surface area contributed by atoms with Gasteiger partial charge in [0, 0.05) is 17.6 Å². The van der Waals surface area contributed by atoms with E-state index in [2.05, 4.69) is 10.6 Å². The SMILES string of the molecule is CCOCc1c(C(=O)OCC2=C(C(=O)OCC)[C@H](C)NC(=O)N2)oc2ccccc12. The molecule has 2 aromatic rings. The normalized spacial score (nSPS) is 16.2. The van der Waals surface area contributed by atoms with Crippen molar-refractivity contribution in [3.8, 4) is 0 Å². The summed E-state index contributed by atoms with van der Waals surface area (Å²) in [6, 6.07) is 6.13. The summed E-state index contributed by atoms with van der Waals surface area (Å²) in [6.07, 6.45) is 0. The van der Waals surface area contributed by atoms with Crippen molar-refractivity contribution in [2.24, 2.45) is 0 Å². The van der Waals surface area contributed by atoms with Gasteiger partial charge in [-0.3, -0.25) is 0 Å². The van der Waals surface area contributed by atoms with Crippen LogP contribution in [0.4, 0.5) is 4.79 Å². The molecule has 0 fully saturated rings. The summed E-state index contributed by atoms with van der Waals surface area (Å²) >= 11 is 0. The number of hydrogen-bond acceptors (Lipinski definition) is 7. The Morgan fingerprint density at radius 3 is 2.57 bits per heavy atom. The van der Waals surface area contributed by atoms with Gasteiger partial charge in [-0.25, -0.2) is 14.4 Å². The largest absolute Gasteiger partial charge is 0.463 e. The van der Waals surface area contributed by atoms with Crippen LogP contribution >= 0.6 is 0 Å². The molecule has 30 heavy (non-hydrogen) atoms. The second-order valence-electron chi connectivity index (χ2n) is 6.55. The van der Waals surface area contributed by atoms with Gasteiger partial charge >= 0.3 is 18.0 Å². The molecule has 0 radical (unpaired) electrons. The molecule has 2 N–H and O–H groups in total. The third-order valence-electron chi connectivity index (χ3n) is 4.55. The predicted molar refractivity (Wildman–Crippen MR) is 107 cm³/mol. The van der Waals surface area contributed by atoms with Crippen LogP contribution in [-0.2, 0) is 25.6 Å². The van der Waals surface area contributed by atoms with E-state index < -0.39 is 24.0 Å². The standard InChI is InChI=1S/C21H24N2O7/c1-4-27-10-14-13-8-6-7-9-16(13)30-18(14)20(25)29-11-15-17(19(24)28-5-2)12(3)22-21(26)23-15/h6-9,12H,4-5,10-11H2,1-3H3,(H2,22,23,26)/t12-/m0/s1. The Bertz CT molecular complexity index is 992. The summed E-state index contributed by atoms with van der Waals surface area (Å²) < 4.78 is 21.6. The summed E-state index contributed by atoms with van der Waals surface area (Å²) in [4.78, 5) is 36.9. The number of furan rings is 1. The third kappa shape index (κ3) is 4.46. The number of hydrogen-bond donors (Lipinski definition) is 2. The highest BCUT2D eigenvalue weighted by Crippen LogP contribution is 2.27. The fraction of sp³-hybridized carbons (Fsp3) is 0.381. The highest BCUT2D eigenvalue weighted by Gasteiger charge is 2.31. The lowest BCUT2D eigenvalue weighted by Crippen LogP contribution is -2.50. The number of esters is 2. The molecule has 2 amide bonds. The Hall–Kier alpha value is -3.33. The van der Waals surface area contributed by atoms with E-state index in [1.165, 1.54) is 0 Å². The van der Waals surface area contributed by atoms with E-state index in [1.807, 2.05) is 19.1 Å². The van der Waals surface area contributed by atoms with Gasteiger partial charge in [-0.1, -0.05) is 18.2 Å². The van der Waals surface area contributed by atoms with E-state index in [0.29, 0.717) is 17.8 Å². The molecule has 0 saturated heterocycles. The number of nitrogens with one attached hydrogen (secondary N) is 2. The minimum absolute atomic E-state index is 0.0243. The van der Waals surface area contributed by atoms with Crippen molar-refractivity contribution in [2.45, 2.75) is 33.4 Å². The van der Waals surface area contributed by atoms with Crippen LogP contribution in [0.15, 0.2) is 40.0 Å². The van der Waals surface area contributed by atoms with Gasteiger partial charge in [0.1, 0.15) is 12.2 Å². The number of benzene rings is 1. The Kier molecular flexibility index (Phi) is 6.73. The summed E-state index contributed by atoms with van der Waals surface area (Å²) in [5.41, 5.74) is 1.48. The number of rotatable bonds is 8. The number of ether oxygens (including phenoxy) is 3. The molecular weight excluding hydrogens is 392 g/mol. The number of carbonyl (C=O) groups is 3. The van der Waals surface area contributed by atoms with Crippen LogP contribution in [0.25, 0.3) is 11.0 Å². The van der Waals surface area contributed by atoms with E-state index in [4.69, 9.17) is 18.6 Å². The van der Waals surface area contributed by atoms with Crippen LogP contribution in [0.2, 0.25) is 0 Å². The minimum Gasteiger partial charge on any atom is -0.463 e. The van der Waals surface area contributed by atoms with Gasteiger partial charge in [-0.05, 0) is 26.8 Å².